The summed E-state index contributed by atoms with van der Waals surface area (Å²) >= 11 is 0. The fourth-order valence-corrected chi connectivity index (χ4v) is 2.71. The van der Waals surface area contributed by atoms with Crippen LogP contribution in [0.2, 0.25) is 0 Å². The van der Waals surface area contributed by atoms with Crippen LogP contribution in [0.25, 0.3) is 0 Å². The number of Topliss-reactive ketones (excluding diaryl/α,β-unsaturated/α-hetero) is 1. The molecule has 3 atom stereocenters. The van der Waals surface area contributed by atoms with Crippen molar-refractivity contribution in [1.82, 2.24) is 0 Å². The normalized spacial score (nSPS) is 52.4. The third kappa shape index (κ3) is 0.480. The van der Waals surface area contributed by atoms with E-state index in [0.717, 1.165) is 0 Å². The van der Waals surface area contributed by atoms with Crippen LogP contribution in [-0.2, 0) is 4.79 Å². The summed E-state index contributed by atoms with van der Waals surface area (Å²) in [4.78, 5) is 11.2. The first-order valence-corrected chi connectivity index (χ1v) is 4.20. The molecule has 0 aromatic heterocycles. The summed E-state index contributed by atoms with van der Waals surface area (Å²) in [5, 5.41) is 0. The molecule has 0 heterocycles. The van der Waals surface area contributed by atoms with E-state index in [4.69, 9.17) is 0 Å². The number of fused-ring (bicyclic) bond motifs is 1. The topological polar surface area (TPSA) is 17.1 Å². The number of carbonyl (C=O) groups is 1. The second-order valence-corrected chi connectivity index (χ2v) is 4.07. The van der Waals surface area contributed by atoms with Crippen molar-refractivity contribution in [3.63, 3.8) is 0 Å². The monoisotopic (exact) mass is 138 g/mol. The van der Waals surface area contributed by atoms with Crippen molar-refractivity contribution in [2.75, 3.05) is 0 Å². The summed E-state index contributed by atoms with van der Waals surface area (Å²) in [5.41, 5.74) is 0.414. The third-order valence-corrected chi connectivity index (χ3v) is 3.76. The van der Waals surface area contributed by atoms with Crippen LogP contribution in [0.5, 0.6) is 0 Å². The minimum Gasteiger partial charge on any atom is -0.299 e. The van der Waals surface area contributed by atoms with Gasteiger partial charge in [0.05, 0.1) is 0 Å². The fourth-order valence-electron chi connectivity index (χ4n) is 2.71. The number of hydrogen-bond donors (Lipinski definition) is 0. The lowest BCUT2D eigenvalue weighted by molar-refractivity contribution is -0.149. The summed E-state index contributed by atoms with van der Waals surface area (Å²) in [6.45, 7) is 4.36. The molecule has 3 unspecified atom stereocenters. The molecular weight excluding hydrogens is 124 g/mol. The highest BCUT2D eigenvalue weighted by molar-refractivity contribution is 5.91. The van der Waals surface area contributed by atoms with Crippen LogP contribution < -0.4 is 0 Å². The highest BCUT2D eigenvalue weighted by Crippen LogP contribution is 2.58. The van der Waals surface area contributed by atoms with Gasteiger partial charge < -0.3 is 0 Å². The standard InChI is InChI=1S/C9H14O/c1-6-8(10)7-4-3-5-9(6,7)2/h6-7H,3-5H2,1-2H3. The predicted molar refractivity (Wildman–Crippen MR) is 39.6 cm³/mol. The molecule has 0 amide bonds. The molecule has 0 aliphatic heterocycles. The number of ketones is 1. The van der Waals surface area contributed by atoms with Crippen LogP contribution >= 0.6 is 0 Å². The Morgan fingerprint density at radius 2 is 2.30 bits per heavy atom. The van der Waals surface area contributed by atoms with Crippen LogP contribution in [0.4, 0.5) is 0 Å². The van der Waals surface area contributed by atoms with Crippen molar-refractivity contribution in [3.8, 4) is 0 Å². The maximum atomic E-state index is 11.2. The molecule has 0 spiro atoms. The Kier molecular flexibility index (Phi) is 1.04. The van der Waals surface area contributed by atoms with E-state index >= 15 is 0 Å². The largest absolute Gasteiger partial charge is 0.299 e. The Bertz CT molecular complexity index is 185. The smallest absolute Gasteiger partial charge is 0.139 e. The van der Waals surface area contributed by atoms with Crippen LogP contribution in [0, 0.1) is 17.3 Å². The van der Waals surface area contributed by atoms with Crippen molar-refractivity contribution in [3.05, 3.63) is 0 Å². The van der Waals surface area contributed by atoms with Gasteiger partial charge in [0.25, 0.3) is 0 Å². The predicted octanol–water partition coefficient (Wildman–Crippen LogP) is 2.01. The molecule has 2 saturated carbocycles. The Morgan fingerprint density at radius 3 is 2.90 bits per heavy atom. The zero-order valence-electron chi connectivity index (χ0n) is 6.68. The molecular formula is C9H14O. The highest BCUT2D eigenvalue weighted by atomic mass is 16.1. The summed E-state index contributed by atoms with van der Waals surface area (Å²) in [6.07, 6.45) is 3.72. The van der Waals surface area contributed by atoms with Crippen molar-refractivity contribution in [1.29, 1.82) is 0 Å². The first-order valence-electron chi connectivity index (χ1n) is 4.20. The first-order chi connectivity index (χ1) is 4.66. The molecule has 56 valence electrons. The van der Waals surface area contributed by atoms with Gasteiger partial charge in [-0.3, -0.25) is 4.79 Å². The van der Waals surface area contributed by atoms with Crippen molar-refractivity contribution in [2.45, 2.75) is 33.1 Å². The lowest BCUT2D eigenvalue weighted by Gasteiger charge is -2.47. The summed E-state index contributed by atoms with van der Waals surface area (Å²) in [5.74, 6) is 1.34. The molecule has 1 nitrogen and oxygen atoms in total. The Hall–Kier alpha value is -0.330. The minimum absolute atomic E-state index is 0.361. The molecule has 1 heteroatoms. The van der Waals surface area contributed by atoms with E-state index < -0.39 is 0 Å². The number of hydrogen-bond acceptors (Lipinski definition) is 1. The maximum Gasteiger partial charge on any atom is 0.139 e. The summed E-state index contributed by atoms with van der Waals surface area (Å²) in [6, 6.07) is 0. The third-order valence-electron chi connectivity index (χ3n) is 3.76. The van der Waals surface area contributed by atoms with Crippen molar-refractivity contribution in [2.24, 2.45) is 17.3 Å². The van der Waals surface area contributed by atoms with Gasteiger partial charge in [-0.1, -0.05) is 20.3 Å². The molecule has 2 rings (SSSR count). The lowest BCUT2D eigenvalue weighted by atomic mass is 9.55. The molecule has 0 aromatic carbocycles. The molecule has 0 saturated heterocycles. The van der Waals surface area contributed by atoms with Gasteiger partial charge in [0.1, 0.15) is 5.78 Å². The molecule has 2 aliphatic rings. The Balaban J connectivity index is 2.26. The maximum absolute atomic E-state index is 11.2. The van der Waals surface area contributed by atoms with Crippen molar-refractivity contribution < 1.29 is 4.79 Å². The highest BCUT2D eigenvalue weighted by Gasteiger charge is 2.58. The van der Waals surface area contributed by atoms with E-state index in [-0.39, 0.29) is 0 Å². The van der Waals surface area contributed by atoms with E-state index in [9.17, 15) is 4.79 Å². The van der Waals surface area contributed by atoms with Gasteiger partial charge in [-0.15, -0.1) is 0 Å². The molecule has 0 bridgehead atoms. The van der Waals surface area contributed by atoms with Gasteiger partial charge in [0, 0.05) is 11.8 Å². The summed E-state index contributed by atoms with van der Waals surface area (Å²) < 4.78 is 0. The quantitative estimate of drug-likeness (QED) is 0.500. The van der Waals surface area contributed by atoms with Crippen LogP contribution in [-0.4, -0.2) is 5.78 Å². The van der Waals surface area contributed by atoms with E-state index in [2.05, 4.69) is 13.8 Å². The summed E-state index contributed by atoms with van der Waals surface area (Å²) in [7, 11) is 0. The molecule has 0 aromatic rings. The van der Waals surface area contributed by atoms with E-state index in [0.29, 0.717) is 23.0 Å². The zero-order valence-corrected chi connectivity index (χ0v) is 6.68. The second kappa shape index (κ2) is 1.63. The van der Waals surface area contributed by atoms with Gasteiger partial charge in [-0.2, -0.15) is 0 Å². The fraction of sp³-hybridized carbons (Fsp3) is 0.889. The van der Waals surface area contributed by atoms with Gasteiger partial charge in [-0.05, 0) is 18.3 Å². The van der Waals surface area contributed by atoms with Gasteiger partial charge in [0.2, 0.25) is 0 Å². The van der Waals surface area contributed by atoms with Crippen LogP contribution in [0.3, 0.4) is 0 Å². The minimum atomic E-state index is 0.361. The van der Waals surface area contributed by atoms with E-state index in [1.807, 2.05) is 0 Å². The zero-order chi connectivity index (χ0) is 7.35. The lowest BCUT2D eigenvalue weighted by Crippen LogP contribution is -2.51. The van der Waals surface area contributed by atoms with E-state index in [1.165, 1.54) is 19.3 Å². The second-order valence-electron chi connectivity index (χ2n) is 4.07. The molecule has 0 radical (unpaired) electrons. The number of rotatable bonds is 0. The Morgan fingerprint density at radius 1 is 1.60 bits per heavy atom. The SMILES string of the molecule is CC1C(=O)C2CCCC12C. The first kappa shape index (κ1) is 6.38. The van der Waals surface area contributed by atoms with E-state index in [1.54, 1.807) is 0 Å². The van der Waals surface area contributed by atoms with Crippen molar-refractivity contribution >= 4 is 5.78 Å². The average molecular weight is 138 g/mol. The molecule has 10 heavy (non-hydrogen) atoms. The molecule has 2 fully saturated rings. The van der Waals surface area contributed by atoms with Gasteiger partial charge >= 0.3 is 0 Å². The Labute approximate surface area is 61.8 Å². The average Bonchev–Trinajstić information content (AvgIpc) is 2.28. The molecule has 0 N–H and O–H groups in total. The van der Waals surface area contributed by atoms with Gasteiger partial charge in [-0.25, -0.2) is 0 Å². The van der Waals surface area contributed by atoms with Crippen LogP contribution in [0.15, 0.2) is 0 Å². The molecule has 2 aliphatic carbocycles. The number of carbonyl (C=O) groups excluding carboxylic acids is 1. The van der Waals surface area contributed by atoms with Crippen LogP contribution in [0.1, 0.15) is 33.1 Å². The van der Waals surface area contributed by atoms with Gasteiger partial charge in [0.15, 0.2) is 0 Å².